The van der Waals surface area contributed by atoms with Gasteiger partial charge in [0, 0.05) is 11.6 Å². The number of benzene rings is 2. The molecule has 0 saturated carbocycles. The van der Waals surface area contributed by atoms with Crippen LogP contribution in [0.4, 0.5) is 0 Å². The molecule has 0 aliphatic heterocycles. The lowest BCUT2D eigenvalue weighted by atomic mass is 10.1. The molecule has 0 fully saturated rings. The smallest absolute Gasteiger partial charge is 0.257 e. The summed E-state index contributed by atoms with van der Waals surface area (Å²) in [5, 5.41) is 3.52. The van der Waals surface area contributed by atoms with Crippen LogP contribution in [0.15, 0.2) is 42.5 Å². The van der Waals surface area contributed by atoms with Gasteiger partial charge in [-0.05, 0) is 54.8 Å². The van der Waals surface area contributed by atoms with E-state index in [-0.39, 0.29) is 12.5 Å². The molecule has 0 unspecified atom stereocenters. The highest BCUT2D eigenvalue weighted by molar-refractivity contribution is 6.31. The second kappa shape index (κ2) is 8.44. The van der Waals surface area contributed by atoms with Crippen molar-refractivity contribution >= 4 is 17.5 Å². The zero-order valence-electron chi connectivity index (χ0n) is 13.3. The Hall–Kier alpha value is -2.20. The highest BCUT2D eigenvalue weighted by atomic mass is 35.5. The van der Waals surface area contributed by atoms with Gasteiger partial charge in [0.1, 0.15) is 11.5 Å². The zero-order valence-corrected chi connectivity index (χ0v) is 14.0. The summed E-state index contributed by atoms with van der Waals surface area (Å²) in [6, 6.07) is 13.1. The number of hydrogen-bond donors (Lipinski definition) is 1. The van der Waals surface area contributed by atoms with Crippen LogP contribution in [-0.2, 0) is 11.2 Å². The molecule has 0 aliphatic rings. The third kappa shape index (κ3) is 5.49. The van der Waals surface area contributed by atoms with Crippen LogP contribution in [0.25, 0.3) is 0 Å². The Morgan fingerprint density at radius 1 is 1.13 bits per heavy atom. The maximum absolute atomic E-state index is 11.8. The van der Waals surface area contributed by atoms with Gasteiger partial charge in [-0.25, -0.2) is 0 Å². The predicted octanol–water partition coefficient (Wildman–Crippen LogP) is 3.39. The number of carbonyl (C=O) groups excluding carboxylic acids is 1. The SMILES string of the molecule is COc1ccc(CCNC(=O)COc2ccc(Cl)c(C)c2)cc1. The molecule has 0 bridgehead atoms. The van der Waals surface area contributed by atoms with Gasteiger partial charge in [0.15, 0.2) is 6.61 Å². The summed E-state index contributed by atoms with van der Waals surface area (Å²) in [6.45, 7) is 2.45. The minimum atomic E-state index is -0.147. The molecule has 4 nitrogen and oxygen atoms in total. The van der Waals surface area contributed by atoms with E-state index < -0.39 is 0 Å². The maximum Gasteiger partial charge on any atom is 0.257 e. The number of halogens is 1. The van der Waals surface area contributed by atoms with E-state index in [9.17, 15) is 4.79 Å². The third-order valence-corrected chi connectivity index (χ3v) is 3.82. The molecule has 5 heteroatoms. The van der Waals surface area contributed by atoms with Crippen molar-refractivity contribution < 1.29 is 14.3 Å². The van der Waals surface area contributed by atoms with Gasteiger partial charge >= 0.3 is 0 Å². The number of rotatable bonds is 7. The van der Waals surface area contributed by atoms with Crippen LogP contribution in [0, 0.1) is 6.92 Å². The van der Waals surface area contributed by atoms with Gasteiger partial charge in [0.25, 0.3) is 5.91 Å². The van der Waals surface area contributed by atoms with E-state index in [0.717, 1.165) is 23.3 Å². The average molecular weight is 334 g/mol. The summed E-state index contributed by atoms with van der Waals surface area (Å²) in [5.74, 6) is 1.31. The monoisotopic (exact) mass is 333 g/mol. The molecular formula is C18H20ClNO3. The number of methoxy groups -OCH3 is 1. The van der Waals surface area contributed by atoms with Crippen LogP contribution >= 0.6 is 11.6 Å². The van der Waals surface area contributed by atoms with E-state index in [1.165, 1.54) is 0 Å². The molecule has 2 rings (SSSR count). The Labute approximate surface area is 141 Å². The molecule has 0 heterocycles. The summed E-state index contributed by atoms with van der Waals surface area (Å²) < 4.78 is 10.6. The number of aryl methyl sites for hydroxylation is 1. The lowest BCUT2D eigenvalue weighted by molar-refractivity contribution is -0.123. The first-order valence-corrected chi connectivity index (χ1v) is 7.75. The minimum absolute atomic E-state index is 0.0102. The van der Waals surface area contributed by atoms with Crippen LogP contribution in [0.2, 0.25) is 5.02 Å². The van der Waals surface area contributed by atoms with Crippen molar-refractivity contribution in [3.05, 3.63) is 58.6 Å². The topological polar surface area (TPSA) is 47.6 Å². The van der Waals surface area contributed by atoms with Gasteiger partial charge < -0.3 is 14.8 Å². The lowest BCUT2D eigenvalue weighted by Crippen LogP contribution is -2.30. The molecule has 0 atom stereocenters. The Bertz CT molecular complexity index is 656. The number of ether oxygens (including phenoxy) is 2. The van der Waals surface area contributed by atoms with Crippen LogP contribution in [-0.4, -0.2) is 26.2 Å². The van der Waals surface area contributed by atoms with E-state index >= 15 is 0 Å². The fraction of sp³-hybridized carbons (Fsp3) is 0.278. The molecule has 122 valence electrons. The Kier molecular flexibility index (Phi) is 6.29. The first-order valence-electron chi connectivity index (χ1n) is 7.37. The molecule has 0 saturated heterocycles. The number of nitrogens with one attached hydrogen (secondary N) is 1. The van der Waals surface area contributed by atoms with Crippen molar-refractivity contribution in [2.45, 2.75) is 13.3 Å². The Balaban J connectivity index is 1.71. The van der Waals surface area contributed by atoms with Crippen LogP contribution in [0.3, 0.4) is 0 Å². The van der Waals surface area contributed by atoms with Gasteiger partial charge in [-0.15, -0.1) is 0 Å². The molecule has 0 aromatic heterocycles. The molecule has 1 amide bonds. The molecule has 2 aromatic rings. The normalized spacial score (nSPS) is 10.2. The fourth-order valence-corrected chi connectivity index (χ4v) is 2.16. The summed E-state index contributed by atoms with van der Waals surface area (Å²) in [4.78, 5) is 11.8. The largest absolute Gasteiger partial charge is 0.497 e. The van der Waals surface area contributed by atoms with Crippen LogP contribution in [0.1, 0.15) is 11.1 Å². The number of hydrogen-bond acceptors (Lipinski definition) is 3. The maximum atomic E-state index is 11.8. The molecule has 0 aliphatic carbocycles. The van der Waals surface area contributed by atoms with Gasteiger partial charge in [-0.1, -0.05) is 23.7 Å². The second-order valence-electron chi connectivity index (χ2n) is 5.15. The fourth-order valence-electron chi connectivity index (χ4n) is 2.05. The van der Waals surface area contributed by atoms with Gasteiger partial charge in [-0.2, -0.15) is 0 Å². The minimum Gasteiger partial charge on any atom is -0.497 e. The highest BCUT2D eigenvalue weighted by Crippen LogP contribution is 2.20. The third-order valence-electron chi connectivity index (χ3n) is 3.39. The predicted molar refractivity (Wildman–Crippen MR) is 91.4 cm³/mol. The molecular weight excluding hydrogens is 314 g/mol. The van der Waals surface area contributed by atoms with E-state index in [2.05, 4.69) is 5.32 Å². The first kappa shape index (κ1) is 17.2. The van der Waals surface area contributed by atoms with Crippen molar-refractivity contribution in [1.29, 1.82) is 0 Å². The summed E-state index contributed by atoms with van der Waals surface area (Å²) in [6.07, 6.45) is 0.760. The Morgan fingerprint density at radius 2 is 1.83 bits per heavy atom. The Morgan fingerprint density at radius 3 is 2.48 bits per heavy atom. The van der Waals surface area contributed by atoms with Crippen LogP contribution < -0.4 is 14.8 Å². The molecule has 0 spiro atoms. The molecule has 23 heavy (non-hydrogen) atoms. The number of carbonyl (C=O) groups is 1. The van der Waals surface area contributed by atoms with Crippen molar-refractivity contribution in [2.24, 2.45) is 0 Å². The summed E-state index contributed by atoms with van der Waals surface area (Å²) in [5.41, 5.74) is 2.06. The average Bonchev–Trinajstić information content (AvgIpc) is 2.56. The zero-order chi connectivity index (χ0) is 16.7. The van der Waals surface area contributed by atoms with Crippen molar-refractivity contribution in [1.82, 2.24) is 5.32 Å². The summed E-state index contributed by atoms with van der Waals surface area (Å²) in [7, 11) is 1.64. The van der Waals surface area contributed by atoms with Crippen molar-refractivity contribution in [2.75, 3.05) is 20.3 Å². The standard InChI is InChI=1S/C18H20ClNO3/c1-13-11-16(7-8-17(13)19)23-12-18(21)20-10-9-14-3-5-15(22-2)6-4-14/h3-8,11H,9-10,12H2,1-2H3,(H,20,21). The van der Waals surface area contributed by atoms with E-state index in [1.54, 1.807) is 19.2 Å². The molecule has 2 aromatic carbocycles. The molecule has 0 radical (unpaired) electrons. The number of amides is 1. The quantitative estimate of drug-likeness (QED) is 0.844. The second-order valence-corrected chi connectivity index (χ2v) is 5.55. The highest BCUT2D eigenvalue weighted by Gasteiger charge is 2.04. The first-order chi connectivity index (χ1) is 11.1. The molecule has 1 N–H and O–H groups in total. The van der Waals surface area contributed by atoms with Gasteiger partial charge in [0.2, 0.25) is 0 Å². The van der Waals surface area contributed by atoms with Gasteiger partial charge in [0.05, 0.1) is 7.11 Å². The van der Waals surface area contributed by atoms with Crippen molar-refractivity contribution in [3.8, 4) is 11.5 Å². The van der Waals surface area contributed by atoms with E-state index in [1.807, 2.05) is 37.3 Å². The van der Waals surface area contributed by atoms with E-state index in [4.69, 9.17) is 21.1 Å². The van der Waals surface area contributed by atoms with Gasteiger partial charge in [-0.3, -0.25) is 4.79 Å². The van der Waals surface area contributed by atoms with Crippen LogP contribution in [0.5, 0.6) is 11.5 Å². The van der Waals surface area contributed by atoms with Crippen molar-refractivity contribution in [3.63, 3.8) is 0 Å². The van der Waals surface area contributed by atoms with E-state index in [0.29, 0.717) is 17.3 Å². The lowest BCUT2D eigenvalue weighted by Gasteiger charge is -2.09. The summed E-state index contributed by atoms with van der Waals surface area (Å²) >= 11 is 5.95.